The third-order valence-electron chi connectivity index (χ3n) is 7.39. The molecule has 0 radical (unpaired) electrons. The van der Waals surface area contributed by atoms with Crippen LogP contribution in [0.2, 0.25) is 0 Å². The summed E-state index contributed by atoms with van der Waals surface area (Å²) < 4.78 is 5.61. The molecule has 4 saturated carbocycles. The summed E-state index contributed by atoms with van der Waals surface area (Å²) in [6, 6.07) is 1.58. The molecule has 156 valence electrons. The number of ketones is 1. The number of halogens is 1. The number of nitrogens with one attached hydrogen (secondary N) is 1. The predicted octanol–water partition coefficient (Wildman–Crippen LogP) is 3.71. The molecule has 1 saturated heterocycles. The van der Waals surface area contributed by atoms with Gasteiger partial charge in [0.05, 0.1) is 5.41 Å². The Bertz CT molecular complexity index is 843. The van der Waals surface area contributed by atoms with Crippen LogP contribution in [0.15, 0.2) is 12.3 Å². The zero-order valence-corrected chi connectivity index (χ0v) is 18.1. The Morgan fingerprint density at radius 1 is 1.14 bits per heavy atom. The van der Waals surface area contributed by atoms with Crippen molar-refractivity contribution < 1.29 is 19.1 Å². The van der Waals surface area contributed by atoms with Crippen molar-refractivity contribution in [2.45, 2.75) is 55.7 Å². The number of H-pyrrole nitrogens is 1. The largest absolute Gasteiger partial charge is 0.457 e. The minimum atomic E-state index is -0.428. The number of alkyl halides is 1. The van der Waals surface area contributed by atoms with Crippen LogP contribution in [0.4, 0.5) is 0 Å². The van der Waals surface area contributed by atoms with Gasteiger partial charge in [0.1, 0.15) is 5.69 Å². The van der Waals surface area contributed by atoms with E-state index in [1.807, 2.05) is 0 Å². The van der Waals surface area contributed by atoms with Crippen LogP contribution >= 0.6 is 15.9 Å². The molecule has 7 heteroatoms. The summed E-state index contributed by atoms with van der Waals surface area (Å²) in [5.74, 6) is 0.612. The molecule has 1 aromatic rings. The lowest BCUT2D eigenvalue weighted by Crippen LogP contribution is -2.56. The number of amides is 1. The molecule has 1 aromatic heterocycles. The molecule has 1 N–H and O–H groups in total. The maximum absolute atomic E-state index is 13.0. The monoisotopic (exact) mass is 462 g/mol. The first-order valence-electron chi connectivity index (χ1n) is 10.7. The van der Waals surface area contributed by atoms with Crippen LogP contribution in [0.3, 0.4) is 0 Å². The van der Waals surface area contributed by atoms with E-state index in [2.05, 4.69) is 20.9 Å². The number of aromatic amines is 1. The van der Waals surface area contributed by atoms with Crippen LogP contribution in [-0.4, -0.2) is 51.6 Å². The molecule has 2 unspecified atom stereocenters. The maximum Gasteiger partial charge on any atom is 0.312 e. The standard InChI is InChI=1S/C22H27BrN2O4/c23-22-9-14-5-15(10-22)8-21(7-14,13-22)20(28)29-12-18(26)16-6-17(24-11-16)19(27)25-3-1-2-4-25/h6,11,14-15,24H,1-5,7-10,12-13H2. The van der Waals surface area contributed by atoms with Gasteiger partial charge in [0.2, 0.25) is 5.78 Å². The fourth-order valence-corrected chi connectivity index (χ4v) is 7.98. The van der Waals surface area contributed by atoms with Gasteiger partial charge in [-0.3, -0.25) is 14.4 Å². The average Bonchev–Trinajstić information content (AvgIpc) is 3.35. The summed E-state index contributed by atoms with van der Waals surface area (Å²) in [5.41, 5.74) is 0.384. The predicted molar refractivity (Wildman–Crippen MR) is 110 cm³/mol. The fourth-order valence-electron chi connectivity index (χ4n) is 6.53. The van der Waals surface area contributed by atoms with Crippen LogP contribution in [0.25, 0.3) is 0 Å². The van der Waals surface area contributed by atoms with Crippen molar-refractivity contribution in [1.82, 2.24) is 9.88 Å². The summed E-state index contributed by atoms with van der Waals surface area (Å²) in [4.78, 5) is 42.7. The second-order valence-corrected chi connectivity index (χ2v) is 11.4. The molecule has 5 fully saturated rings. The van der Waals surface area contributed by atoms with Gasteiger partial charge in [-0.05, 0) is 69.3 Å². The van der Waals surface area contributed by atoms with E-state index in [4.69, 9.17) is 4.74 Å². The number of rotatable bonds is 5. The van der Waals surface area contributed by atoms with Crippen molar-refractivity contribution in [2.75, 3.05) is 19.7 Å². The van der Waals surface area contributed by atoms with Gasteiger partial charge in [-0.15, -0.1) is 0 Å². The number of carbonyl (C=O) groups is 3. The third kappa shape index (κ3) is 3.45. The second-order valence-electron chi connectivity index (χ2n) is 9.69. The molecule has 29 heavy (non-hydrogen) atoms. The van der Waals surface area contributed by atoms with Crippen LogP contribution < -0.4 is 0 Å². The van der Waals surface area contributed by atoms with Crippen LogP contribution in [-0.2, 0) is 9.53 Å². The van der Waals surface area contributed by atoms with E-state index in [9.17, 15) is 14.4 Å². The Kier molecular flexibility index (Phi) is 4.64. The minimum absolute atomic E-state index is 0.0743. The van der Waals surface area contributed by atoms with E-state index < -0.39 is 5.41 Å². The first kappa shape index (κ1) is 19.3. The molecule has 6 nitrogen and oxygen atoms in total. The summed E-state index contributed by atoms with van der Waals surface area (Å²) >= 11 is 3.91. The van der Waals surface area contributed by atoms with E-state index in [1.54, 1.807) is 11.0 Å². The number of likely N-dealkylation sites (tertiary alicyclic amines) is 1. The van der Waals surface area contributed by atoms with Gasteiger partial charge < -0.3 is 14.6 Å². The molecule has 1 aliphatic heterocycles. The van der Waals surface area contributed by atoms with Gasteiger partial charge in [0.25, 0.3) is 5.91 Å². The van der Waals surface area contributed by atoms with E-state index in [0.717, 1.165) is 58.0 Å². The Morgan fingerprint density at radius 2 is 1.83 bits per heavy atom. The molecular weight excluding hydrogens is 436 g/mol. The fraction of sp³-hybridized carbons (Fsp3) is 0.682. The number of Topliss-reactive ketones (excluding diaryl/α,β-unsaturated/α-hetero) is 1. The first-order valence-corrected chi connectivity index (χ1v) is 11.5. The zero-order chi connectivity index (χ0) is 20.2. The minimum Gasteiger partial charge on any atom is -0.457 e. The van der Waals surface area contributed by atoms with Crippen LogP contribution in [0.1, 0.15) is 72.2 Å². The number of ether oxygens (including phenoxy) is 1. The van der Waals surface area contributed by atoms with Gasteiger partial charge in [-0.25, -0.2) is 0 Å². The van der Waals surface area contributed by atoms with Crippen molar-refractivity contribution in [3.05, 3.63) is 23.5 Å². The lowest BCUT2D eigenvalue weighted by Gasteiger charge is -2.58. The molecule has 1 amide bonds. The van der Waals surface area contributed by atoms with Crippen LogP contribution in [0.5, 0.6) is 0 Å². The molecule has 6 rings (SSSR count). The normalized spacial score (nSPS) is 35.1. The van der Waals surface area contributed by atoms with Gasteiger partial charge in [-0.1, -0.05) is 15.9 Å². The summed E-state index contributed by atoms with van der Waals surface area (Å²) in [7, 11) is 0. The van der Waals surface area contributed by atoms with Gasteiger partial charge >= 0.3 is 5.97 Å². The summed E-state index contributed by atoms with van der Waals surface area (Å²) in [6.45, 7) is 1.26. The quantitative estimate of drug-likeness (QED) is 0.410. The van der Waals surface area contributed by atoms with Crippen molar-refractivity contribution in [1.29, 1.82) is 0 Å². The molecule has 2 atom stereocenters. The lowest BCUT2D eigenvalue weighted by molar-refractivity contribution is -0.168. The highest BCUT2D eigenvalue weighted by molar-refractivity contribution is 9.10. The number of carbonyl (C=O) groups excluding carboxylic acids is 3. The Hall–Kier alpha value is -1.63. The smallest absolute Gasteiger partial charge is 0.312 e. The van der Waals surface area contributed by atoms with E-state index in [0.29, 0.717) is 23.1 Å². The van der Waals surface area contributed by atoms with E-state index in [1.165, 1.54) is 12.6 Å². The highest BCUT2D eigenvalue weighted by Crippen LogP contribution is 2.64. The number of aromatic nitrogens is 1. The van der Waals surface area contributed by atoms with Crippen LogP contribution in [0, 0.1) is 17.3 Å². The molecule has 0 spiro atoms. The Labute approximate surface area is 178 Å². The topological polar surface area (TPSA) is 79.5 Å². The SMILES string of the molecule is O=C(COC(=O)C12CC3CC(CC(Br)(C3)C1)C2)c1c[nH]c(C(=O)N2CCCC2)c1. The highest BCUT2D eigenvalue weighted by atomic mass is 79.9. The molecule has 4 aliphatic carbocycles. The van der Waals surface area contributed by atoms with Gasteiger partial charge in [0, 0.05) is 29.2 Å². The second kappa shape index (κ2) is 6.96. The van der Waals surface area contributed by atoms with Gasteiger partial charge in [0.15, 0.2) is 6.61 Å². The number of hydrogen-bond donors (Lipinski definition) is 1. The van der Waals surface area contributed by atoms with E-state index in [-0.39, 0.29) is 28.6 Å². The van der Waals surface area contributed by atoms with E-state index >= 15 is 0 Å². The molecular formula is C22H27BrN2O4. The molecule has 0 aromatic carbocycles. The molecule has 5 aliphatic rings. The number of hydrogen-bond acceptors (Lipinski definition) is 4. The molecule has 2 heterocycles. The Balaban J connectivity index is 1.21. The van der Waals surface area contributed by atoms with Crippen molar-refractivity contribution >= 4 is 33.6 Å². The summed E-state index contributed by atoms with van der Waals surface area (Å²) in [5, 5.41) is 0. The van der Waals surface area contributed by atoms with Crippen molar-refractivity contribution in [3.8, 4) is 0 Å². The summed E-state index contributed by atoms with van der Waals surface area (Å²) in [6.07, 6.45) is 9.70. The first-order chi connectivity index (χ1) is 13.9. The zero-order valence-electron chi connectivity index (χ0n) is 16.5. The highest BCUT2D eigenvalue weighted by Gasteiger charge is 2.60. The Morgan fingerprint density at radius 3 is 2.48 bits per heavy atom. The number of nitrogens with zero attached hydrogens (tertiary/aromatic N) is 1. The third-order valence-corrected chi connectivity index (χ3v) is 8.31. The van der Waals surface area contributed by atoms with Crippen molar-refractivity contribution in [2.24, 2.45) is 17.3 Å². The van der Waals surface area contributed by atoms with Crippen molar-refractivity contribution in [3.63, 3.8) is 0 Å². The lowest BCUT2D eigenvalue weighted by atomic mass is 9.49. The average molecular weight is 463 g/mol. The molecule has 4 bridgehead atoms. The number of esters is 1. The maximum atomic E-state index is 13.0. The van der Waals surface area contributed by atoms with Gasteiger partial charge in [-0.2, -0.15) is 0 Å².